The molecule has 4 nitrogen and oxygen atoms in total. The highest BCUT2D eigenvalue weighted by molar-refractivity contribution is 5.77. The molecule has 2 rings (SSSR count). The maximum atomic E-state index is 10.5. The highest BCUT2D eigenvalue weighted by Crippen LogP contribution is 2.14. The molecule has 13 heavy (non-hydrogen) atoms. The summed E-state index contributed by atoms with van der Waals surface area (Å²) >= 11 is 0. The van der Waals surface area contributed by atoms with Gasteiger partial charge >= 0.3 is 0 Å². The number of oxazole rings is 1. The van der Waals surface area contributed by atoms with E-state index in [0.717, 1.165) is 5.52 Å². The van der Waals surface area contributed by atoms with Crippen molar-refractivity contribution in [1.29, 1.82) is 0 Å². The lowest BCUT2D eigenvalue weighted by atomic mass is 10.3. The minimum absolute atomic E-state index is 0.0608. The molecule has 0 spiro atoms. The number of rotatable bonds is 2. The molecular formula is C9H7N2O2. The topological polar surface area (TPSA) is 66.9 Å². The zero-order valence-corrected chi connectivity index (χ0v) is 6.78. The summed E-state index contributed by atoms with van der Waals surface area (Å²) in [6.07, 6.45) is -0.0608. The van der Waals surface area contributed by atoms with E-state index >= 15 is 0 Å². The maximum absolute atomic E-state index is 10.5. The Morgan fingerprint density at radius 2 is 2.23 bits per heavy atom. The van der Waals surface area contributed by atoms with Crippen LogP contribution in [0.5, 0.6) is 0 Å². The smallest absolute Gasteiger partial charge is 0.247 e. The summed E-state index contributed by atoms with van der Waals surface area (Å²) < 4.78 is 5.23. The van der Waals surface area contributed by atoms with Gasteiger partial charge in [-0.1, -0.05) is 12.1 Å². The normalized spacial score (nSPS) is 10.5. The zero-order valence-electron chi connectivity index (χ0n) is 6.78. The Kier molecular flexibility index (Phi) is 1.73. The first kappa shape index (κ1) is 7.79. The number of amides is 1. The molecule has 0 aliphatic heterocycles. The van der Waals surface area contributed by atoms with Gasteiger partial charge < -0.3 is 4.42 Å². The Labute approximate surface area is 74.4 Å². The van der Waals surface area contributed by atoms with Gasteiger partial charge in [0, 0.05) is 0 Å². The van der Waals surface area contributed by atoms with Gasteiger partial charge in [-0.15, -0.1) is 0 Å². The summed E-state index contributed by atoms with van der Waals surface area (Å²) in [5, 5.41) is 0. The second kappa shape index (κ2) is 2.90. The maximum Gasteiger partial charge on any atom is 0.247 e. The van der Waals surface area contributed by atoms with Crippen molar-refractivity contribution in [2.24, 2.45) is 0 Å². The summed E-state index contributed by atoms with van der Waals surface area (Å²) in [5.74, 6) is -0.382. The number of para-hydroxylation sites is 2. The van der Waals surface area contributed by atoms with Crippen LogP contribution < -0.4 is 5.73 Å². The van der Waals surface area contributed by atoms with Gasteiger partial charge in [0.25, 0.3) is 0 Å². The van der Waals surface area contributed by atoms with Crippen LogP contribution in [-0.4, -0.2) is 10.9 Å². The molecule has 1 N–H and O–H groups in total. The van der Waals surface area contributed by atoms with Crippen molar-refractivity contribution in [3.63, 3.8) is 0 Å². The van der Waals surface area contributed by atoms with Gasteiger partial charge in [0.2, 0.25) is 11.8 Å². The minimum atomic E-state index is -0.688. The first-order chi connectivity index (χ1) is 6.25. The zero-order chi connectivity index (χ0) is 9.26. The van der Waals surface area contributed by atoms with Crippen molar-refractivity contribution in [2.75, 3.05) is 0 Å². The van der Waals surface area contributed by atoms with Gasteiger partial charge in [0.1, 0.15) is 11.9 Å². The highest BCUT2D eigenvalue weighted by atomic mass is 16.3. The van der Waals surface area contributed by atoms with Crippen molar-refractivity contribution in [3.05, 3.63) is 30.2 Å². The van der Waals surface area contributed by atoms with Crippen LogP contribution in [0.4, 0.5) is 0 Å². The van der Waals surface area contributed by atoms with Crippen LogP contribution in [0.3, 0.4) is 0 Å². The van der Waals surface area contributed by atoms with Crippen molar-refractivity contribution in [2.45, 2.75) is 6.42 Å². The fraction of sp³-hybridized carbons (Fsp3) is 0.111. The van der Waals surface area contributed by atoms with E-state index in [1.54, 1.807) is 12.1 Å². The molecular weight excluding hydrogens is 168 g/mol. The molecule has 0 bridgehead atoms. The van der Waals surface area contributed by atoms with E-state index in [4.69, 9.17) is 10.2 Å². The van der Waals surface area contributed by atoms with Crippen LogP contribution in [0.15, 0.2) is 28.7 Å². The molecule has 0 saturated carbocycles. The number of nitrogens with one attached hydrogen (secondary N) is 1. The SMILES string of the molecule is [NH]C(=O)Cc1nc2ccccc2o1. The third-order valence-corrected chi connectivity index (χ3v) is 1.65. The molecule has 0 unspecified atom stereocenters. The van der Waals surface area contributed by atoms with E-state index in [1.165, 1.54) is 0 Å². The standard InChI is InChI=1S/C9H7N2O2/c10-8(12)5-9-11-6-3-1-2-4-7(6)13-9/h1-4,10H,5H2. The second-order valence-corrected chi connectivity index (χ2v) is 2.68. The third-order valence-electron chi connectivity index (χ3n) is 1.65. The van der Waals surface area contributed by atoms with Crippen LogP contribution >= 0.6 is 0 Å². The van der Waals surface area contributed by atoms with Gasteiger partial charge in [-0.25, -0.2) is 4.98 Å². The van der Waals surface area contributed by atoms with E-state index in [9.17, 15) is 4.79 Å². The number of carbonyl (C=O) groups is 1. The molecule has 1 radical (unpaired) electrons. The summed E-state index contributed by atoms with van der Waals surface area (Å²) in [6, 6.07) is 7.26. The monoisotopic (exact) mass is 175 g/mol. The number of nitrogens with zero attached hydrogens (tertiary/aromatic N) is 1. The predicted octanol–water partition coefficient (Wildman–Crippen LogP) is 1.18. The van der Waals surface area contributed by atoms with E-state index in [1.807, 2.05) is 12.1 Å². The quantitative estimate of drug-likeness (QED) is 0.688. The number of benzene rings is 1. The molecule has 0 atom stereocenters. The number of hydrogen-bond acceptors (Lipinski definition) is 3. The van der Waals surface area contributed by atoms with Gasteiger partial charge in [0.15, 0.2) is 5.58 Å². The molecule has 4 heteroatoms. The third kappa shape index (κ3) is 1.51. The van der Waals surface area contributed by atoms with Crippen LogP contribution in [0, 0.1) is 0 Å². The van der Waals surface area contributed by atoms with E-state index in [-0.39, 0.29) is 6.42 Å². The molecule has 0 fully saturated rings. The lowest BCUT2D eigenvalue weighted by molar-refractivity contribution is -0.118. The Balaban J connectivity index is 2.44. The molecule has 0 aliphatic carbocycles. The molecule has 0 saturated heterocycles. The van der Waals surface area contributed by atoms with Crippen molar-refractivity contribution in [1.82, 2.24) is 10.7 Å². The summed E-state index contributed by atoms with van der Waals surface area (Å²) in [6.45, 7) is 0. The first-order valence-electron chi connectivity index (χ1n) is 3.84. The van der Waals surface area contributed by atoms with Crippen LogP contribution in [0.25, 0.3) is 11.1 Å². The lowest BCUT2D eigenvalue weighted by Crippen LogP contribution is -2.02. The predicted molar refractivity (Wildman–Crippen MR) is 45.8 cm³/mol. The number of carbonyl (C=O) groups excluding carboxylic acids is 1. The van der Waals surface area contributed by atoms with Gasteiger partial charge in [0.05, 0.1) is 0 Å². The summed E-state index contributed by atoms with van der Waals surface area (Å²) in [7, 11) is 0. The molecule has 1 aromatic heterocycles. The largest absolute Gasteiger partial charge is 0.440 e. The van der Waals surface area contributed by atoms with Crippen molar-refractivity contribution in [3.8, 4) is 0 Å². The van der Waals surface area contributed by atoms with Crippen LogP contribution in [0.1, 0.15) is 5.89 Å². The Bertz CT molecular complexity index is 415. The van der Waals surface area contributed by atoms with Crippen LogP contribution in [-0.2, 0) is 11.2 Å². The molecule has 0 aliphatic rings. The molecule has 1 amide bonds. The molecule has 2 aromatic rings. The average Bonchev–Trinajstić information content (AvgIpc) is 2.44. The summed E-state index contributed by atoms with van der Waals surface area (Å²) in [4.78, 5) is 14.5. The minimum Gasteiger partial charge on any atom is -0.440 e. The Morgan fingerprint density at radius 1 is 1.46 bits per heavy atom. The Morgan fingerprint density at radius 3 is 2.92 bits per heavy atom. The lowest BCUT2D eigenvalue weighted by Gasteiger charge is -1.84. The van der Waals surface area contributed by atoms with E-state index < -0.39 is 5.91 Å². The van der Waals surface area contributed by atoms with Crippen molar-refractivity contribution >= 4 is 17.0 Å². The Hall–Kier alpha value is -1.84. The summed E-state index contributed by atoms with van der Waals surface area (Å²) in [5.41, 5.74) is 8.12. The van der Waals surface area contributed by atoms with Gasteiger partial charge in [-0.3, -0.25) is 10.5 Å². The van der Waals surface area contributed by atoms with E-state index in [0.29, 0.717) is 11.5 Å². The van der Waals surface area contributed by atoms with Crippen LogP contribution in [0.2, 0.25) is 0 Å². The fourth-order valence-corrected chi connectivity index (χ4v) is 1.13. The number of fused-ring (bicyclic) bond motifs is 1. The van der Waals surface area contributed by atoms with Gasteiger partial charge in [-0.05, 0) is 12.1 Å². The second-order valence-electron chi connectivity index (χ2n) is 2.68. The molecule has 65 valence electrons. The molecule has 1 heterocycles. The highest BCUT2D eigenvalue weighted by Gasteiger charge is 2.07. The first-order valence-corrected chi connectivity index (χ1v) is 3.84. The van der Waals surface area contributed by atoms with E-state index in [2.05, 4.69) is 4.98 Å². The van der Waals surface area contributed by atoms with Gasteiger partial charge in [-0.2, -0.15) is 0 Å². The molecule has 1 aromatic carbocycles. The average molecular weight is 175 g/mol. The van der Waals surface area contributed by atoms with Crippen molar-refractivity contribution < 1.29 is 9.21 Å². The fourth-order valence-electron chi connectivity index (χ4n) is 1.13. The number of aromatic nitrogens is 1. The number of hydrogen-bond donors (Lipinski definition) is 0.